The molecule has 0 fully saturated rings. The molecule has 2 aromatic carbocycles. The number of halogens is 9. The van der Waals surface area contributed by atoms with Gasteiger partial charge in [0.05, 0.1) is 0 Å². The smallest absolute Gasteiger partial charge is 0.271 e. The molecule has 14 heteroatoms. The quantitative estimate of drug-likeness (QED) is 0.242. The van der Waals surface area contributed by atoms with Crippen LogP contribution >= 0.6 is 104 Å². The van der Waals surface area contributed by atoms with E-state index in [9.17, 15) is 0 Å². The first kappa shape index (κ1) is 28.5. The van der Waals surface area contributed by atoms with Crippen molar-refractivity contribution in [1.29, 1.82) is 0 Å². The summed E-state index contributed by atoms with van der Waals surface area (Å²) < 4.78 is 4.30. The summed E-state index contributed by atoms with van der Waals surface area (Å²) >= 11 is 57.6. The second-order valence-corrected chi connectivity index (χ2v) is 14.4. The standard InChI is InChI=1S/C22H14Cl9N3O2/c23-20(24,25)18-32-17(11-14-6-7-15-16(10-14)36-12-35-15)34(22(29,30)31)19(33-18,21(26,27)28)9-8-13-4-2-1-3-5-13/h1-10H,11-12H2. The SMILES string of the molecule is ClC(Cl)(Cl)C1=NC(C=Cc2ccccc2)(C(Cl)(Cl)Cl)N(C(Cl)(Cl)Cl)C(Cc2ccc3c(c2)OCO3)=N1. The van der Waals surface area contributed by atoms with Crippen molar-refractivity contribution in [3.8, 4) is 11.5 Å². The molecule has 4 rings (SSSR count). The summed E-state index contributed by atoms with van der Waals surface area (Å²) in [6, 6.07) is 14.4. The number of ether oxygens (including phenoxy) is 2. The van der Waals surface area contributed by atoms with Crippen LogP contribution in [0.5, 0.6) is 11.5 Å². The van der Waals surface area contributed by atoms with Crippen LogP contribution in [0.4, 0.5) is 0 Å². The zero-order valence-electron chi connectivity index (χ0n) is 17.7. The zero-order chi connectivity index (χ0) is 26.4. The van der Waals surface area contributed by atoms with E-state index in [0.717, 1.165) is 10.5 Å². The molecule has 0 radical (unpaired) electrons. The molecule has 0 saturated carbocycles. The number of rotatable bonds is 4. The fourth-order valence-corrected chi connectivity index (χ4v) is 5.10. The Labute approximate surface area is 252 Å². The highest BCUT2D eigenvalue weighted by atomic mass is 35.6. The lowest BCUT2D eigenvalue weighted by atomic mass is 10.0. The fraction of sp³-hybridized carbons (Fsp3) is 0.273. The third-order valence-electron chi connectivity index (χ3n) is 5.14. The normalized spacial score (nSPS) is 20.5. The topological polar surface area (TPSA) is 46.4 Å². The van der Waals surface area contributed by atoms with Gasteiger partial charge in [-0.25, -0.2) is 9.98 Å². The Morgan fingerprint density at radius 2 is 1.56 bits per heavy atom. The lowest BCUT2D eigenvalue weighted by Crippen LogP contribution is -2.64. The lowest BCUT2D eigenvalue weighted by molar-refractivity contribution is 0.174. The van der Waals surface area contributed by atoms with Crippen LogP contribution in [0.15, 0.2) is 64.6 Å². The van der Waals surface area contributed by atoms with Crippen LogP contribution in [0, 0.1) is 0 Å². The molecule has 0 N–H and O–H groups in total. The Bertz CT molecular complexity index is 1220. The van der Waals surface area contributed by atoms with Crippen molar-refractivity contribution in [2.45, 2.75) is 23.6 Å². The van der Waals surface area contributed by atoms with Crippen molar-refractivity contribution in [3.05, 3.63) is 65.7 Å². The molecule has 0 amide bonds. The van der Waals surface area contributed by atoms with Gasteiger partial charge in [-0.1, -0.05) is 147 Å². The van der Waals surface area contributed by atoms with Gasteiger partial charge in [0.2, 0.25) is 20.0 Å². The molecule has 36 heavy (non-hydrogen) atoms. The highest BCUT2D eigenvalue weighted by Crippen LogP contribution is 2.53. The summed E-state index contributed by atoms with van der Waals surface area (Å²) in [5.74, 6) is 0.968. The minimum Gasteiger partial charge on any atom is -0.454 e. The van der Waals surface area contributed by atoms with Crippen molar-refractivity contribution in [2.24, 2.45) is 9.98 Å². The summed E-state index contributed by atoms with van der Waals surface area (Å²) in [4.78, 5) is 10.0. The Balaban J connectivity index is 1.90. The number of aliphatic imine (C=N–C) groups is 2. The van der Waals surface area contributed by atoms with Crippen LogP contribution in [0.25, 0.3) is 6.08 Å². The lowest BCUT2D eigenvalue weighted by Gasteiger charge is -2.50. The average Bonchev–Trinajstić information content (AvgIpc) is 3.24. The highest BCUT2D eigenvalue weighted by molar-refractivity contribution is 6.77. The first-order valence-corrected chi connectivity index (χ1v) is 13.4. The number of benzene rings is 2. The maximum absolute atomic E-state index is 6.53. The third kappa shape index (κ3) is 6.06. The molecule has 0 spiro atoms. The van der Waals surface area contributed by atoms with Crippen molar-refractivity contribution in [3.63, 3.8) is 0 Å². The minimum absolute atomic E-state index is 0.0615. The molecule has 0 bridgehead atoms. The molecule has 2 aliphatic rings. The summed E-state index contributed by atoms with van der Waals surface area (Å²) in [5.41, 5.74) is -0.542. The highest BCUT2D eigenvalue weighted by Gasteiger charge is 2.60. The fourth-order valence-electron chi connectivity index (χ4n) is 3.60. The first-order valence-electron chi connectivity index (χ1n) is 10.0. The molecule has 2 aliphatic heterocycles. The Kier molecular flexibility index (Phi) is 8.40. The molecule has 0 aromatic heterocycles. The first-order chi connectivity index (χ1) is 16.7. The number of hydrogen-bond donors (Lipinski definition) is 0. The molecule has 2 aromatic rings. The van der Waals surface area contributed by atoms with Crippen molar-refractivity contribution < 1.29 is 9.47 Å². The number of amidine groups is 2. The Morgan fingerprint density at radius 3 is 2.17 bits per heavy atom. The van der Waals surface area contributed by atoms with Crippen LogP contribution in [0.3, 0.4) is 0 Å². The third-order valence-corrected chi connectivity index (χ3v) is 6.99. The van der Waals surface area contributed by atoms with Gasteiger partial charge in [-0.05, 0) is 29.3 Å². The monoisotopic (exact) mass is 667 g/mol. The minimum atomic E-state index is -2.24. The molecular weight excluding hydrogens is 657 g/mol. The van der Waals surface area contributed by atoms with E-state index in [1.165, 1.54) is 6.08 Å². The van der Waals surface area contributed by atoms with Gasteiger partial charge in [-0.3, -0.25) is 4.90 Å². The van der Waals surface area contributed by atoms with Crippen molar-refractivity contribution in [2.75, 3.05) is 6.79 Å². The van der Waals surface area contributed by atoms with Gasteiger partial charge in [0, 0.05) is 6.42 Å². The van der Waals surface area contributed by atoms with Gasteiger partial charge in [0.25, 0.3) is 3.92 Å². The molecule has 1 atom stereocenters. The second-order valence-electron chi connectivity index (χ2n) is 7.60. The Hall–Kier alpha value is -0.470. The van der Waals surface area contributed by atoms with E-state index in [0.29, 0.717) is 17.1 Å². The number of nitrogens with zero attached hydrogens (tertiary/aromatic N) is 3. The molecule has 2 heterocycles. The maximum Gasteiger partial charge on any atom is 0.271 e. The van der Waals surface area contributed by atoms with E-state index in [4.69, 9.17) is 114 Å². The van der Waals surface area contributed by atoms with Crippen LogP contribution < -0.4 is 9.47 Å². The number of fused-ring (bicyclic) bond motifs is 1. The van der Waals surface area contributed by atoms with Crippen molar-refractivity contribution >= 4 is 122 Å². The van der Waals surface area contributed by atoms with E-state index < -0.39 is 17.2 Å². The summed E-state index contributed by atoms with van der Waals surface area (Å²) in [7, 11) is 0. The van der Waals surface area contributed by atoms with Gasteiger partial charge in [0.15, 0.2) is 17.3 Å². The van der Waals surface area contributed by atoms with Crippen LogP contribution in [0.2, 0.25) is 0 Å². The molecule has 5 nitrogen and oxygen atoms in total. The molecule has 0 saturated heterocycles. The molecule has 192 valence electrons. The largest absolute Gasteiger partial charge is 0.454 e. The molecule has 0 aliphatic carbocycles. The van der Waals surface area contributed by atoms with E-state index in [1.54, 1.807) is 24.3 Å². The summed E-state index contributed by atoms with van der Waals surface area (Å²) in [6.45, 7) is 0.102. The van der Waals surface area contributed by atoms with Crippen molar-refractivity contribution in [1.82, 2.24) is 4.90 Å². The van der Waals surface area contributed by atoms with Gasteiger partial charge in [-0.15, -0.1) is 0 Å². The number of alkyl halides is 9. The number of hydrogen-bond acceptors (Lipinski definition) is 5. The van der Waals surface area contributed by atoms with Gasteiger partial charge in [-0.2, -0.15) is 0 Å². The van der Waals surface area contributed by atoms with E-state index >= 15 is 0 Å². The molecule has 1 unspecified atom stereocenters. The second kappa shape index (κ2) is 10.6. The average molecular weight is 671 g/mol. The van der Waals surface area contributed by atoms with Gasteiger partial charge in [0.1, 0.15) is 5.84 Å². The predicted molar refractivity (Wildman–Crippen MR) is 152 cm³/mol. The zero-order valence-corrected chi connectivity index (χ0v) is 24.6. The molecular formula is C22H14Cl9N3O2. The van der Waals surface area contributed by atoms with E-state index in [1.807, 2.05) is 30.3 Å². The van der Waals surface area contributed by atoms with E-state index in [2.05, 4.69) is 9.98 Å². The van der Waals surface area contributed by atoms with Crippen LogP contribution in [-0.4, -0.2) is 40.5 Å². The summed E-state index contributed by atoms with van der Waals surface area (Å²) in [6.07, 6.45) is 3.17. The van der Waals surface area contributed by atoms with Gasteiger partial charge < -0.3 is 9.47 Å². The summed E-state index contributed by atoms with van der Waals surface area (Å²) in [5, 5.41) is 0. The predicted octanol–water partition coefficient (Wildman–Crippen LogP) is 8.55. The van der Waals surface area contributed by atoms with Crippen LogP contribution in [-0.2, 0) is 6.42 Å². The maximum atomic E-state index is 6.53. The van der Waals surface area contributed by atoms with E-state index in [-0.39, 0.29) is 24.9 Å². The van der Waals surface area contributed by atoms with Gasteiger partial charge >= 0.3 is 0 Å². The Morgan fingerprint density at radius 1 is 0.889 bits per heavy atom. The van der Waals surface area contributed by atoms with Crippen LogP contribution in [0.1, 0.15) is 11.1 Å².